The lowest BCUT2D eigenvalue weighted by atomic mass is 10.0. The van der Waals surface area contributed by atoms with Gasteiger partial charge in [-0.15, -0.1) is 0 Å². The molecule has 7 nitrogen and oxygen atoms in total. The standard InChI is InChI=1S/C25H26N4O3/c30-23(31)17-32-24-20-16-28(15-18-7-2-1-3-8-18)14-12-21(20)26-25(27-24)29-13-6-10-19-9-4-5-11-22(19)29/h1-5,7-9,11H,6,10,12-17H2,(H,30,31). The highest BCUT2D eigenvalue weighted by atomic mass is 16.5. The highest BCUT2D eigenvalue weighted by molar-refractivity contribution is 5.68. The van der Waals surface area contributed by atoms with Crippen LogP contribution in [0.4, 0.5) is 11.6 Å². The molecule has 0 fully saturated rings. The van der Waals surface area contributed by atoms with Gasteiger partial charge < -0.3 is 14.7 Å². The van der Waals surface area contributed by atoms with Crippen LogP contribution in [0, 0.1) is 0 Å². The number of anilines is 2. The van der Waals surface area contributed by atoms with Crippen LogP contribution in [0.2, 0.25) is 0 Å². The Morgan fingerprint density at radius 3 is 2.66 bits per heavy atom. The number of hydrogen-bond acceptors (Lipinski definition) is 6. The molecule has 7 heteroatoms. The van der Waals surface area contributed by atoms with E-state index in [0.29, 0.717) is 18.4 Å². The number of aliphatic carboxylic acids is 1. The second-order valence-corrected chi connectivity index (χ2v) is 8.27. The maximum atomic E-state index is 11.2. The van der Waals surface area contributed by atoms with E-state index in [1.165, 1.54) is 11.1 Å². The molecule has 0 unspecified atom stereocenters. The average Bonchev–Trinajstić information content (AvgIpc) is 2.82. The molecule has 32 heavy (non-hydrogen) atoms. The second kappa shape index (κ2) is 8.96. The number of rotatable bonds is 6. The Bertz CT molecular complexity index is 1120. The van der Waals surface area contributed by atoms with Crippen LogP contribution in [-0.2, 0) is 30.7 Å². The van der Waals surface area contributed by atoms with Crippen molar-refractivity contribution in [3.63, 3.8) is 0 Å². The Morgan fingerprint density at radius 1 is 1.00 bits per heavy atom. The highest BCUT2D eigenvalue weighted by Gasteiger charge is 2.27. The van der Waals surface area contributed by atoms with Gasteiger partial charge in [0.1, 0.15) is 0 Å². The van der Waals surface area contributed by atoms with E-state index in [1.54, 1.807) is 0 Å². The van der Waals surface area contributed by atoms with Crippen LogP contribution in [0.5, 0.6) is 5.88 Å². The summed E-state index contributed by atoms with van der Waals surface area (Å²) in [4.78, 5) is 25.3. The normalized spacial score (nSPS) is 15.7. The van der Waals surface area contributed by atoms with Crippen molar-refractivity contribution in [2.75, 3.05) is 24.6 Å². The number of aromatic nitrogens is 2. The van der Waals surface area contributed by atoms with Crippen molar-refractivity contribution in [3.05, 3.63) is 77.0 Å². The monoisotopic (exact) mass is 430 g/mol. The Kier molecular flexibility index (Phi) is 5.73. The minimum absolute atomic E-state index is 0.383. The summed E-state index contributed by atoms with van der Waals surface area (Å²) in [6.45, 7) is 2.75. The number of ether oxygens (including phenoxy) is 1. The van der Waals surface area contributed by atoms with E-state index in [0.717, 1.165) is 55.8 Å². The molecule has 0 aliphatic carbocycles. The predicted octanol–water partition coefficient (Wildman–Crippen LogP) is 3.58. The first-order valence-electron chi connectivity index (χ1n) is 11.0. The van der Waals surface area contributed by atoms with Gasteiger partial charge >= 0.3 is 5.97 Å². The number of carbonyl (C=O) groups is 1. The number of para-hydroxylation sites is 1. The van der Waals surface area contributed by atoms with E-state index in [2.05, 4.69) is 40.1 Å². The fourth-order valence-electron chi connectivity index (χ4n) is 4.52. The summed E-state index contributed by atoms with van der Waals surface area (Å²) >= 11 is 0. The highest BCUT2D eigenvalue weighted by Crippen LogP contribution is 2.35. The smallest absolute Gasteiger partial charge is 0.341 e. The van der Waals surface area contributed by atoms with E-state index in [9.17, 15) is 9.90 Å². The summed E-state index contributed by atoms with van der Waals surface area (Å²) in [5.74, 6) is -0.0415. The first kappa shape index (κ1) is 20.5. The van der Waals surface area contributed by atoms with Gasteiger partial charge in [-0.3, -0.25) is 4.90 Å². The van der Waals surface area contributed by atoms with Crippen molar-refractivity contribution >= 4 is 17.6 Å². The van der Waals surface area contributed by atoms with Gasteiger partial charge in [0.05, 0.1) is 11.3 Å². The quantitative estimate of drug-likeness (QED) is 0.640. The van der Waals surface area contributed by atoms with Crippen LogP contribution in [-0.4, -0.2) is 45.6 Å². The largest absolute Gasteiger partial charge is 0.479 e. The predicted molar refractivity (Wildman–Crippen MR) is 121 cm³/mol. The van der Waals surface area contributed by atoms with Gasteiger partial charge in [-0.1, -0.05) is 48.5 Å². The van der Waals surface area contributed by atoms with Crippen LogP contribution in [0.1, 0.15) is 28.8 Å². The average molecular weight is 431 g/mol. The molecule has 2 aromatic carbocycles. The Balaban J connectivity index is 1.47. The molecular formula is C25H26N4O3. The molecule has 1 aromatic heterocycles. The Morgan fingerprint density at radius 2 is 1.81 bits per heavy atom. The summed E-state index contributed by atoms with van der Waals surface area (Å²) in [5.41, 5.74) is 5.48. The van der Waals surface area contributed by atoms with E-state index in [4.69, 9.17) is 14.7 Å². The minimum Gasteiger partial charge on any atom is -0.479 e. The third-order valence-corrected chi connectivity index (χ3v) is 6.02. The maximum absolute atomic E-state index is 11.2. The third kappa shape index (κ3) is 4.29. The molecule has 3 heterocycles. The molecule has 0 radical (unpaired) electrons. The molecule has 0 bridgehead atoms. The fourth-order valence-corrected chi connectivity index (χ4v) is 4.52. The zero-order chi connectivity index (χ0) is 21.9. The third-order valence-electron chi connectivity index (χ3n) is 6.02. The van der Waals surface area contributed by atoms with Gasteiger partial charge in [0.2, 0.25) is 11.8 Å². The van der Waals surface area contributed by atoms with Crippen LogP contribution < -0.4 is 9.64 Å². The summed E-state index contributed by atoms with van der Waals surface area (Å²) < 4.78 is 5.68. The van der Waals surface area contributed by atoms with Crippen molar-refractivity contribution in [1.82, 2.24) is 14.9 Å². The first-order valence-corrected chi connectivity index (χ1v) is 11.0. The molecule has 164 valence electrons. The molecule has 2 aliphatic rings. The van der Waals surface area contributed by atoms with Crippen molar-refractivity contribution in [3.8, 4) is 5.88 Å². The molecule has 0 saturated carbocycles. The summed E-state index contributed by atoms with van der Waals surface area (Å²) in [6.07, 6.45) is 2.83. The molecule has 0 amide bonds. The van der Waals surface area contributed by atoms with E-state index in [-0.39, 0.29) is 0 Å². The van der Waals surface area contributed by atoms with E-state index < -0.39 is 12.6 Å². The minimum atomic E-state index is -1.01. The molecule has 5 rings (SSSR count). The molecule has 0 spiro atoms. The molecule has 0 saturated heterocycles. The number of carboxylic acids is 1. The van der Waals surface area contributed by atoms with Crippen molar-refractivity contribution in [1.29, 1.82) is 0 Å². The fraction of sp³-hybridized carbons (Fsp3) is 0.320. The van der Waals surface area contributed by atoms with Crippen molar-refractivity contribution in [2.24, 2.45) is 0 Å². The zero-order valence-corrected chi connectivity index (χ0v) is 17.9. The maximum Gasteiger partial charge on any atom is 0.341 e. The lowest BCUT2D eigenvalue weighted by molar-refractivity contribution is -0.139. The molecular weight excluding hydrogens is 404 g/mol. The summed E-state index contributed by atoms with van der Waals surface area (Å²) in [5, 5.41) is 9.18. The zero-order valence-electron chi connectivity index (χ0n) is 17.9. The van der Waals surface area contributed by atoms with E-state index >= 15 is 0 Å². The van der Waals surface area contributed by atoms with Crippen LogP contribution >= 0.6 is 0 Å². The lowest BCUT2D eigenvalue weighted by Gasteiger charge is -2.32. The topological polar surface area (TPSA) is 78.8 Å². The Hall–Kier alpha value is -3.45. The van der Waals surface area contributed by atoms with Gasteiger partial charge in [-0.2, -0.15) is 4.98 Å². The number of benzene rings is 2. The number of carboxylic acid groups (broad SMARTS) is 1. The molecule has 0 atom stereocenters. The van der Waals surface area contributed by atoms with Gasteiger partial charge in [-0.05, 0) is 30.0 Å². The van der Waals surface area contributed by atoms with Gasteiger partial charge in [0, 0.05) is 38.3 Å². The van der Waals surface area contributed by atoms with Crippen LogP contribution in [0.15, 0.2) is 54.6 Å². The van der Waals surface area contributed by atoms with Gasteiger partial charge in [0.15, 0.2) is 6.61 Å². The van der Waals surface area contributed by atoms with Crippen LogP contribution in [0.25, 0.3) is 0 Å². The summed E-state index contributed by atoms with van der Waals surface area (Å²) in [6, 6.07) is 18.6. The number of hydrogen-bond donors (Lipinski definition) is 1. The summed E-state index contributed by atoms with van der Waals surface area (Å²) in [7, 11) is 0. The van der Waals surface area contributed by atoms with Crippen LogP contribution in [0.3, 0.4) is 0 Å². The van der Waals surface area contributed by atoms with E-state index in [1.807, 2.05) is 24.3 Å². The number of fused-ring (bicyclic) bond motifs is 2. The molecule has 2 aliphatic heterocycles. The molecule has 3 aromatic rings. The lowest BCUT2D eigenvalue weighted by Crippen LogP contribution is -2.33. The number of aryl methyl sites for hydroxylation is 1. The van der Waals surface area contributed by atoms with Crippen molar-refractivity contribution < 1.29 is 14.6 Å². The Labute approximate surface area is 187 Å². The van der Waals surface area contributed by atoms with Gasteiger partial charge in [0.25, 0.3) is 0 Å². The van der Waals surface area contributed by atoms with Crippen molar-refractivity contribution in [2.45, 2.75) is 32.4 Å². The molecule has 1 N–H and O–H groups in total. The second-order valence-electron chi connectivity index (χ2n) is 8.27. The SMILES string of the molecule is O=C(O)COc1nc(N2CCCc3ccccc32)nc2c1CN(Cc1ccccc1)CC2. The van der Waals surface area contributed by atoms with Gasteiger partial charge in [-0.25, -0.2) is 9.78 Å². The number of nitrogens with zero attached hydrogens (tertiary/aromatic N) is 4. The first-order chi connectivity index (χ1) is 15.7.